The SMILES string of the molecule is CCOC(CC)c1noc(C2CSCC2NC)n1. The Hall–Kier alpha value is -0.590. The molecule has 2 heterocycles. The summed E-state index contributed by atoms with van der Waals surface area (Å²) < 4.78 is 11.0. The predicted octanol–water partition coefficient (Wildman–Crippen LogP) is 1.98. The van der Waals surface area contributed by atoms with E-state index >= 15 is 0 Å². The van der Waals surface area contributed by atoms with Gasteiger partial charge in [-0.05, 0) is 20.4 Å². The highest BCUT2D eigenvalue weighted by atomic mass is 32.2. The second-order valence-corrected chi connectivity index (χ2v) is 5.46. The summed E-state index contributed by atoms with van der Waals surface area (Å²) in [5.41, 5.74) is 0. The first-order valence-corrected chi connectivity index (χ1v) is 7.65. The Morgan fingerprint density at radius 3 is 3.00 bits per heavy atom. The van der Waals surface area contributed by atoms with E-state index in [2.05, 4.69) is 22.4 Å². The van der Waals surface area contributed by atoms with Crippen LogP contribution in [0.5, 0.6) is 0 Å². The van der Waals surface area contributed by atoms with Crippen molar-refractivity contribution < 1.29 is 9.26 Å². The van der Waals surface area contributed by atoms with Crippen LogP contribution in [0.25, 0.3) is 0 Å². The van der Waals surface area contributed by atoms with E-state index in [1.807, 2.05) is 25.7 Å². The molecular weight excluding hydrogens is 250 g/mol. The van der Waals surface area contributed by atoms with Crippen molar-refractivity contribution in [3.05, 3.63) is 11.7 Å². The molecule has 0 saturated carbocycles. The van der Waals surface area contributed by atoms with E-state index < -0.39 is 0 Å². The fourth-order valence-corrected chi connectivity index (χ4v) is 3.60. The third kappa shape index (κ3) is 2.87. The van der Waals surface area contributed by atoms with Crippen LogP contribution in [0, 0.1) is 0 Å². The van der Waals surface area contributed by atoms with Crippen LogP contribution in [0.15, 0.2) is 4.52 Å². The molecule has 1 aromatic rings. The molecule has 1 aliphatic rings. The second kappa shape index (κ2) is 6.54. The van der Waals surface area contributed by atoms with Gasteiger partial charge in [0.1, 0.15) is 6.10 Å². The lowest BCUT2D eigenvalue weighted by atomic mass is 10.0. The highest BCUT2D eigenvalue weighted by molar-refractivity contribution is 7.99. The van der Waals surface area contributed by atoms with Crippen molar-refractivity contribution in [2.24, 2.45) is 0 Å². The molecule has 1 saturated heterocycles. The average Bonchev–Trinajstić information content (AvgIpc) is 3.03. The Kier molecular flexibility index (Phi) is 5.03. The minimum Gasteiger partial charge on any atom is -0.370 e. The first-order valence-electron chi connectivity index (χ1n) is 6.50. The molecule has 3 unspecified atom stereocenters. The molecule has 3 atom stereocenters. The van der Waals surface area contributed by atoms with E-state index in [1.165, 1.54) is 0 Å². The number of rotatable bonds is 6. The Balaban J connectivity index is 2.09. The molecule has 0 aliphatic carbocycles. The van der Waals surface area contributed by atoms with Gasteiger partial charge in [-0.2, -0.15) is 16.7 Å². The highest BCUT2D eigenvalue weighted by Crippen LogP contribution is 2.32. The van der Waals surface area contributed by atoms with Crippen molar-refractivity contribution >= 4 is 11.8 Å². The zero-order valence-electron chi connectivity index (χ0n) is 11.2. The van der Waals surface area contributed by atoms with Crippen LogP contribution in [-0.2, 0) is 4.74 Å². The molecule has 18 heavy (non-hydrogen) atoms. The van der Waals surface area contributed by atoms with Crippen molar-refractivity contribution in [3.63, 3.8) is 0 Å². The predicted molar refractivity (Wildman–Crippen MR) is 71.9 cm³/mol. The van der Waals surface area contributed by atoms with E-state index in [0.717, 1.165) is 23.8 Å². The summed E-state index contributed by atoms with van der Waals surface area (Å²) in [4.78, 5) is 4.52. The molecule has 1 aliphatic heterocycles. The van der Waals surface area contributed by atoms with Crippen molar-refractivity contribution in [2.75, 3.05) is 25.2 Å². The topological polar surface area (TPSA) is 60.2 Å². The minimum absolute atomic E-state index is 0.0467. The largest absolute Gasteiger partial charge is 0.370 e. The summed E-state index contributed by atoms with van der Waals surface area (Å²) in [5, 5.41) is 7.38. The number of likely N-dealkylation sites (N-methyl/N-ethyl adjacent to an activating group) is 1. The molecule has 0 bridgehead atoms. The zero-order valence-corrected chi connectivity index (χ0v) is 12.0. The monoisotopic (exact) mass is 271 g/mol. The van der Waals surface area contributed by atoms with Gasteiger partial charge in [-0.15, -0.1) is 0 Å². The molecule has 1 aromatic heterocycles. The summed E-state index contributed by atoms with van der Waals surface area (Å²) in [6.07, 6.45) is 0.816. The maximum Gasteiger partial charge on any atom is 0.232 e. The van der Waals surface area contributed by atoms with E-state index in [-0.39, 0.29) is 6.10 Å². The van der Waals surface area contributed by atoms with Crippen LogP contribution in [0.3, 0.4) is 0 Å². The lowest BCUT2D eigenvalue weighted by Crippen LogP contribution is -2.31. The van der Waals surface area contributed by atoms with Crippen LogP contribution in [0.4, 0.5) is 0 Å². The number of nitrogens with one attached hydrogen (secondary N) is 1. The fraction of sp³-hybridized carbons (Fsp3) is 0.833. The number of thioether (sulfide) groups is 1. The summed E-state index contributed by atoms with van der Waals surface area (Å²) in [6.45, 7) is 4.72. The van der Waals surface area contributed by atoms with Gasteiger partial charge in [0.05, 0.1) is 5.92 Å². The first-order chi connectivity index (χ1) is 8.80. The summed E-state index contributed by atoms with van der Waals surface area (Å²) in [5.74, 6) is 3.88. The molecule has 1 fully saturated rings. The Morgan fingerprint density at radius 1 is 1.50 bits per heavy atom. The number of hydrogen-bond acceptors (Lipinski definition) is 6. The average molecular weight is 271 g/mol. The number of aromatic nitrogens is 2. The van der Waals surface area contributed by atoms with Gasteiger partial charge in [0.25, 0.3) is 0 Å². The second-order valence-electron chi connectivity index (χ2n) is 4.38. The van der Waals surface area contributed by atoms with Gasteiger partial charge in [0.2, 0.25) is 11.7 Å². The van der Waals surface area contributed by atoms with Gasteiger partial charge in [0, 0.05) is 24.2 Å². The maximum atomic E-state index is 5.60. The highest BCUT2D eigenvalue weighted by Gasteiger charge is 2.33. The van der Waals surface area contributed by atoms with Crippen molar-refractivity contribution in [1.82, 2.24) is 15.5 Å². The molecule has 5 nitrogen and oxygen atoms in total. The lowest BCUT2D eigenvalue weighted by molar-refractivity contribution is 0.0518. The molecule has 1 N–H and O–H groups in total. The first kappa shape index (κ1) is 13.8. The Morgan fingerprint density at radius 2 is 2.33 bits per heavy atom. The third-order valence-electron chi connectivity index (χ3n) is 3.25. The molecule has 0 amide bonds. The van der Waals surface area contributed by atoms with Gasteiger partial charge in [-0.3, -0.25) is 0 Å². The van der Waals surface area contributed by atoms with Crippen molar-refractivity contribution in [3.8, 4) is 0 Å². The minimum atomic E-state index is -0.0467. The molecule has 0 radical (unpaired) electrons. The van der Waals surface area contributed by atoms with Crippen molar-refractivity contribution in [2.45, 2.75) is 38.3 Å². The van der Waals surface area contributed by atoms with Gasteiger partial charge < -0.3 is 14.6 Å². The summed E-state index contributed by atoms with van der Waals surface area (Å²) in [6, 6.07) is 0.426. The summed E-state index contributed by atoms with van der Waals surface area (Å²) in [7, 11) is 1.98. The van der Waals surface area contributed by atoms with Crippen LogP contribution in [0.1, 0.15) is 44.0 Å². The molecule has 0 aromatic carbocycles. The van der Waals surface area contributed by atoms with Crippen LogP contribution >= 0.6 is 11.8 Å². The smallest absolute Gasteiger partial charge is 0.232 e. The van der Waals surface area contributed by atoms with Gasteiger partial charge in [-0.25, -0.2) is 0 Å². The van der Waals surface area contributed by atoms with Crippen molar-refractivity contribution in [1.29, 1.82) is 0 Å². The third-order valence-corrected chi connectivity index (χ3v) is 4.44. The van der Waals surface area contributed by atoms with Gasteiger partial charge >= 0.3 is 0 Å². The quantitative estimate of drug-likeness (QED) is 0.853. The molecule has 102 valence electrons. The summed E-state index contributed by atoms with van der Waals surface area (Å²) >= 11 is 1.92. The van der Waals surface area contributed by atoms with Crippen LogP contribution in [0.2, 0.25) is 0 Å². The van der Waals surface area contributed by atoms with E-state index in [9.17, 15) is 0 Å². The number of ether oxygens (including phenoxy) is 1. The number of nitrogens with zero attached hydrogens (tertiary/aromatic N) is 2. The van der Waals surface area contributed by atoms with Gasteiger partial charge in [0.15, 0.2) is 0 Å². The number of hydrogen-bond donors (Lipinski definition) is 1. The fourth-order valence-electron chi connectivity index (χ4n) is 2.19. The Bertz CT molecular complexity index is 372. The molecule has 2 rings (SSSR count). The van der Waals surface area contributed by atoms with E-state index in [4.69, 9.17) is 9.26 Å². The molecule has 0 spiro atoms. The van der Waals surface area contributed by atoms with Crippen LogP contribution < -0.4 is 5.32 Å². The van der Waals surface area contributed by atoms with E-state index in [0.29, 0.717) is 24.4 Å². The molecule has 6 heteroatoms. The van der Waals surface area contributed by atoms with Gasteiger partial charge in [-0.1, -0.05) is 12.1 Å². The normalized spacial score (nSPS) is 25.5. The molecular formula is C12H21N3O2S. The zero-order chi connectivity index (χ0) is 13.0. The van der Waals surface area contributed by atoms with Crippen LogP contribution in [-0.4, -0.2) is 41.3 Å². The standard InChI is InChI=1S/C12H21N3O2S/c1-4-10(16-5-2)11-14-12(17-15-11)8-6-18-7-9(8)13-3/h8-10,13H,4-7H2,1-3H3. The Labute approximate surface area is 112 Å². The lowest BCUT2D eigenvalue weighted by Gasteiger charge is -2.13. The van der Waals surface area contributed by atoms with E-state index in [1.54, 1.807) is 0 Å². The maximum absolute atomic E-state index is 5.60.